The van der Waals surface area contributed by atoms with Gasteiger partial charge in [-0.25, -0.2) is 0 Å². The van der Waals surface area contributed by atoms with Crippen LogP contribution in [0.4, 0.5) is 0 Å². The summed E-state index contributed by atoms with van der Waals surface area (Å²) in [5, 5.41) is 3.42. The van der Waals surface area contributed by atoms with E-state index < -0.39 is 0 Å². The van der Waals surface area contributed by atoms with E-state index in [0.717, 1.165) is 6.54 Å². The van der Waals surface area contributed by atoms with Crippen molar-refractivity contribution in [3.05, 3.63) is 30.1 Å². The lowest BCUT2D eigenvalue weighted by atomic mass is 10.1. The van der Waals surface area contributed by atoms with E-state index in [9.17, 15) is 0 Å². The summed E-state index contributed by atoms with van der Waals surface area (Å²) in [7, 11) is 0. The molecular formula is C10H16N2. The van der Waals surface area contributed by atoms with Gasteiger partial charge in [-0.2, -0.15) is 0 Å². The van der Waals surface area contributed by atoms with Gasteiger partial charge >= 0.3 is 0 Å². The zero-order chi connectivity index (χ0) is 8.81. The number of aromatic nitrogens is 1. The van der Waals surface area contributed by atoms with Gasteiger partial charge in [0, 0.05) is 18.4 Å². The second kappa shape index (κ2) is 4.88. The van der Waals surface area contributed by atoms with Crippen LogP contribution in [0.25, 0.3) is 0 Å². The van der Waals surface area contributed by atoms with Crippen LogP contribution in [0.3, 0.4) is 0 Å². The average Bonchev–Trinajstić information content (AvgIpc) is 2.15. The maximum Gasteiger partial charge on any atom is 0.0292 e. The minimum Gasteiger partial charge on any atom is -0.310 e. The van der Waals surface area contributed by atoms with Gasteiger partial charge in [-0.15, -0.1) is 0 Å². The van der Waals surface area contributed by atoms with E-state index in [0.29, 0.717) is 6.04 Å². The maximum absolute atomic E-state index is 3.98. The van der Waals surface area contributed by atoms with Crippen LogP contribution in [0, 0.1) is 0 Å². The van der Waals surface area contributed by atoms with Gasteiger partial charge in [0.1, 0.15) is 0 Å². The van der Waals surface area contributed by atoms with Gasteiger partial charge in [-0.1, -0.05) is 6.92 Å². The van der Waals surface area contributed by atoms with Gasteiger partial charge in [0.05, 0.1) is 0 Å². The van der Waals surface area contributed by atoms with Crippen molar-refractivity contribution in [2.75, 3.05) is 6.54 Å². The summed E-state index contributed by atoms with van der Waals surface area (Å²) in [6, 6.07) is 4.54. The quantitative estimate of drug-likeness (QED) is 0.737. The third kappa shape index (κ3) is 2.62. The fraction of sp³-hybridized carbons (Fsp3) is 0.500. The monoisotopic (exact) mass is 164 g/mol. The Bertz CT molecular complexity index is 208. The van der Waals surface area contributed by atoms with Crippen LogP contribution in [0.15, 0.2) is 24.5 Å². The van der Waals surface area contributed by atoms with Gasteiger partial charge in [-0.05, 0) is 37.6 Å². The number of hydrogen-bond acceptors (Lipinski definition) is 2. The fourth-order valence-electron chi connectivity index (χ4n) is 1.13. The standard InChI is InChI=1S/C10H16N2/c1-3-6-12-9(2)10-4-7-11-8-5-10/h4-5,7-9,12H,3,6H2,1-2H3. The van der Waals surface area contributed by atoms with Crippen LogP contribution < -0.4 is 5.32 Å². The normalized spacial score (nSPS) is 12.8. The molecule has 0 aliphatic carbocycles. The van der Waals surface area contributed by atoms with E-state index in [-0.39, 0.29) is 0 Å². The first-order chi connectivity index (χ1) is 5.84. The molecule has 0 spiro atoms. The lowest BCUT2D eigenvalue weighted by Gasteiger charge is -2.12. The molecule has 2 nitrogen and oxygen atoms in total. The third-order valence-electron chi connectivity index (χ3n) is 1.91. The molecule has 1 aromatic heterocycles. The summed E-state index contributed by atoms with van der Waals surface area (Å²) in [6.07, 6.45) is 4.84. The predicted octanol–water partition coefficient (Wildman–Crippen LogP) is 2.14. The Morgan fingerprint density at radius 1 is 1.42 bits per heavy atom. The molecule has 1 rings (SSSR count). The first kappa shape index (κ1) is 9.20. The molecule has 0 aromatic carbocycles. The average molecular weight is 164 g/mol. The molecule has 2 heteroatoms. The molecule has 0 fully saturated rings. The summed E-state index contributed by atoms with van der Waals surface area (Å²) in [6.45, 7) is 5.42. The van der Waals surface area contributed by atoms with Crippen molar-refractivity contribution in [1.82, 2.24) is 10.3 Å². The number of nitrogens with one attached hydrogen (secondary N) is 1. The van der Waals surface area contributed by atoms with Crippen LogP contribution in [-0.4, -0.2) is 11.5 Å². The van der Waals surface area contributed by atoms with Crippen LogP contribution in [-0.2, 0) is 0 Å². The molecule has 0 bridgehead atoms. The van der Waals surface area contributed by atoms with Gasteiger partial charge in [0.15, 0.2) is 0 Å². The zero-order valence-corrected chi connectivity index (χ0v) is 7.75. The molecule has 1 N–H and O–H groups in total. The second-order valence-electron chi connectivity index (χ2n) is 2.96. The Balaban J connectivity index is 2.48. The predicted molar refractivity (Wildman–Crippen MR) is 50.9 cm³/mol. The molecule has 1 aromatic rings. The Morgan fingerprint density at radius 3 is 2.67 bits per heavy atom. The molecule has 0 aliphatic rings. The van der Waals surface area contributed by atoms with Crippen LogP contribution in [0.2, 0.25) is 0 Å². The lowest BCUT2D eigenvalue weighted by molar-refractivity contribution is 0.570. The van der Waals surface area contributed by atoms with Crippen molar-refractivity contribution < 1.29 is 0 Å². The molecule has 0 saturated heterocycles. The van der Waals surface area contributed by atoms with E-state index >= 15 is 0 Å². The summed E-state index contributed by atoms with van der Waals surface area (Å²) in [5.41, 5.74) is 1.30. The molecule has 12 heavy (non-hydrogen) atoms. The SMILES string of the molecule is CCCNC(C)c1ccncc1. The summed E-state index contributed by atoms with van der Waals surface area (Å²) in [4.78, 5) is 3.98. The number of nitrogens with zero attached hydrogens (tertiary/aromatic N) is 1. The Labute approximate surface area is 74.0 Å². The Morgan fingerprint density at radius 2 is 2.08 bits per heavy atom. The van der Waals surface area contributed by atoms with E-state index in [1.54, 1.807) is 0 Å². The molecule has 0 amide bonds. The Kier molecular flexibility index (Phi) is 3.74. The van der Waals surface area contributed by atoms with E-state index in [1.807, 2.05) is 24.5 Å². The molecule has 0 aliphatic heterocycles. The molecule has 1 unspecified atom stereocenters. The highest BCUT2D eigenvalue weighted by Crippen LogP contribution is 2.09. The third-order valence-corrected chi connectivity index (χ3v) is 1.91. The van der Waals surface area contributed by atoms with Crippen molar-refractivity contribution in [2.24, 2.45) is 0 Å². The lowest BCUT2D eigenvalue weighted by Crippen LogP contribution is -2.19. The van der Waals surface area contributed by atoms with Gasteiger partial charge in [-0.3, -0.25) is 4.98 Å². The highest BCUT2D eigenvalue weighted by Gasteiger charge is 2.01. The summed E-state index contributed by atoms with van der Waals surface area (Å²) in [5.74, 6) is 0. The molecule has 1 heterocycles. The smallest absolute Gasteiger partial charge is 0.0292 e. The molecule has 0 saturated carbocycles. The highest BCUT2D eigenvalue weighted by molar-refractivity contribution is 5.13. The van der Waals surface area contributed by atoms with Crippen molar-refractivity contribution >= 4 is 0 Å². The minimum atomic E-state index is 0.438. The Hall–Kier alpha value is -0.890. The first-order valence-corrected chi connectivity index (χ1v) is 4.48. The van der Waals surface area contributed by atoms with E-state index in [2.05, 4.69) is 24.1 Å². The highest BCUT2D eigenvalue weighted by atomic mass is 14.9. The van der Waals surface area contributed by atoms with Gasteiger partial charge < -0.3 is 5.32 Å². The molecular weight excluding hydrogens is 148 g/mol. The van der Waals surface area contributed by atoms with Gasteiger partial charge in [0.25, 0.3) is 0 Å². The van der Waals surface area contributed by atoms with Crippen molar-refractivity contribution in [2.45, 2.75) is 26.3 Å². The molecule has 0 radical (unpaired) electrons. The van der Waals surface area contributed by atoms with Gasteiger partial charge in [0.2, 0.25) is 0 Å². The topological polar surface area (TPSA) is 24.9 Å². The van der Waals surface area contributed by atoms with Crippen LogP contribution >= 0.6 is 0 Å². The molecule has 66 valence electrons. The maximum atomic E-state index is 3.98. The number of pyridine rings is 1. The van der Waals surface area contributed by atoms with Crippen molar-refractivity contribution in [3.63, 3.8) is 0 Å². The largest absolute Gasteiger partial charge is 0.310 e. The van der Waals surface area contributed by atoms with Crippen LogP contribution in [0.1, 0.15) is 31.9 Å². The van der Waals surface area contributed by atoms with E-state index in [1.165, 1.54) is 12.0 Å². The number of rotatable bonds is 4. The zero-order valence-electron chi connectivity index (χ0n) is 7.75. The van der Waals surface area contributed by atoms with E-state index in [4.69, 9.17) is 0 Å². The second-order valence-corrected chi connectivity index (χ2v) is 2.96. The minimum absolute atomic E-state index is 0.438. The van der Waals surface area contributed by atoms with Crippen molar-refractivity contribution in [3.8, 4) is 0 Å². The molecule has 1 atom stereocenters. The fourth-order valence-corrected chi connectivity index (χ4v) is 1.13. The first-order valence-electron chi connectivity index (χ1n) is 4.48. The van der Waals surface area contributed by atoms with Crippen molar-refractivity contribution in [1.29, 1.82) is 0 Å². The summed E-state index contributed by atoms with van der Waals surface area (Å²) < 4.78 is 0. The number of hydrogen-bond donors (Lipinski definition) is 1. The van der Waals surface area contributed by atoms with Crippen LogP contribution in [0.5, 0.6) is 0 Å². The summed E-state index contributed by atoms with van der Waals surface area (Å²) >= 11 is 0.